The van der Waals surface area contributed by atoms with Crippen LogP contribution in [0.2, 0.25) is 0 Å². The molecule has 8 aliphatic rings. The summed E-state index contributed by atoms with van der Waals surface area (Å²) in [5.41, 5.74) is 0. The van der Waals surface area contributed by atoms with Crippen LogP contribution in [-0.2, 0) is 33.1 Å². The normalized spacial score (nSPS) is 61.9. The van der Waals surface area contributed by atoms with E-state index >= 15 is 0 Å². The first-order valence-electron chi connectivity index (χ1n) is 8.93. The lowest BCUT2D eigenvalue weighted by atomic mass is 9.19. The minimum absolute atomic E-state index is 0.0454. The van der Waals surface area contributed by atoms with Gasteiger partial charge in [0.1, 0.15) is 18.8 Å². The van der Waals surface area contributed by atoms with E-state index in [0.29, 0.717) is 19.8 Å². The van der Waals surface area contributed by atoms with Crippen LogP contribution >= 0.6 is 0 Å². The molecule has 24 heavy (non-hydrogen) atoms. The monoisotopic (exact) mass is 336 g/mol. The molecule has 10 atom stereocenters. The maximum atomic E-state index is 10.9. The highest BCUT2D eigenvalue weighted by molar-refractivity contribution is 7.17. The van der Waals surface area contributed by atoms with Crippen molar-refractivity contribution >= 4 is 13.6 Å². The summed E-state index contributed by atoms with van der Waals surface area (Å²) < 4.78 is 41.0. The third-order valence-electron chi connectivity index (χ3n) is 6.98. The average Bonchev–Trinajstić information content (AvgIpc) is 3.13. The molecule has 128 valence electrons. The Hall–Kier alpha value is -0.190. The number of hydrogen-bond donors (Lipinski definition) is 1. The Morgan fingerprint density at radius 2 is 2.08 bits per heavy atom. The molecule has 0 saturated carbocycles. The molecular weight excluding hydrogens is 318 g/mol. The van der Waals surface area contributed by atoms with Crippen molar-refractivity contribution in [1.82, 2.24) is 0 Å². The molecule has 8 rings (SSSR count). The van der Waals surface area contributed by atoms with Gasteiger partial charge in [-0.1, -0.05) is 0 Å². The van der Waals surface area contributed by atoms with Gasteiger partial charge in [-0.05, 0) is 6.42 Å². The molecule has 0 aromatic rings. The van der Waals surface area contributed by atoms with E-state index in [-0.39, 0.29) is 61.4 Å². The molecule has 4 bridgehead atoms. The van der Waals surface area contributed by atoms with Crippen molar-refractivity contribution in [1.29, 1.82) is 0 Å². The number of rotatable bonds is 2. The Bertz CT molecular complexity index is 585. The highest BCUT2D eigenvalue weighted by Gasteiger charge is 2.74. The zero-order valence-corrected chi connectivity index (χ0v) is 13.0. The number of hydrogen-bond acceptors (Lipinski definition) is 8. The van der Waals surface area contributed by atoms with Gasteiger partial charge in [0.05, 0.1) is 37.4 Å². The van der Waals surface area contributed by atoms with Crippen molar-refractivity contribution in [2.24, 2.45) is 11.8 Å². The molecule has 10 heteroatoms. The van der Waals surface area contributed by atoms with E-state index < -0.39 is 12.6 Å². The van der Waals surface area contributed by atoms with Gasteiger partial charge in [0, 0.05) is 11.8 Å². The Kier molecular flexibility index (Phi) is 2.54. The van der Waals surface area contributed by atoms with Crippen LogP contribution in [0.4, 0.5) is 0 Å². The summed E-state index contributed by atoms with van der Waals surface area (Å²) in [5, 5.41) is 10.9. The van der Waals surface area contributed by atoms with Crippen LogP contribution in [0.15, 0.2) is 0 Å². The first-order valence-corrected chi connectivity index (χ1v) is 8.93. The van der Waals surface area contributed by atoms with Crippen LogP contribution in [0.1, 0.15) is 6.42 Å². The van der Waals surface area contributed by atoms with E-state index in [9.17, 15) is 5.02 Å². The van der Waals surface area contributed by atoms with Gasteiger partial charge < -0.3 is 38.1 Å². The molecule has 0 aliphatic carbocycles. The fraction of sp³-hybridized carbons (Fsp3) is 1.00. The molecule has 0 aromatic heterocycles. The fourth-order valence-corrected chi connectivity index (χ4v) is 5.77. The quantitative estimate of drug-likeness (QED) is 0.591. The number of fused-ring (bicyclic) bond motifs is 6. The van der Waals surface area contributed by atoms with Crippen molar-refractivity contribution in [3.63, 3.8) is 0 Å². The smallest absolute Gasteiger partial charge is 0.324 e. The van der Waals surface area contributed by atoms with Crippen LogP contribution in [-0.4, -0.2) is 87.0 Å². The molecule has 3 unspecified atom stereocenters. The summed E-state index contributed by atoms with van der Waals surface area (Å²) in [7, 11) is 0. The van der Waals surface area contributed by atoms with Crippen molar-refractivity contribution in [2.45, 2.75) is 54.9 Å². The Morgan fingerprint density at radius 1 is 1.12 bits per heavy atom. The molecule has 8 nitrogen and oxygen atoms in total. The summed E-state index contributed by atoms with van der Waals surface area (Å²) in [6.45, 7) is 0.485. The third-order valence-corrected chi connectivity index (χ3v) is 6.98. The van der Waals surface area contributed by atoms with Gasteiger partial charge in [0.25, 0.3) is 0 Å². The van der Waals surface area contributed by atoms with Crippen LogP contribution in [0.3, 0.4) is 0 Å². The van der Waals surface area contributed by atoms with Crippen molar-refractivity contribution in [3.05, 3.63) is 0 Å². The second-order valence-electron chi connectivity index (χ2n) is 8.06. The highest BCUT2D eigenvalue weighted by atomic mass is 16.8. The second kappa shape index (κ2) is 4.37. The minimum Gasteiger partial charge on any atom is -0.452 e. The summed E-state index contributed by atoms with van der Waals surface area (Å²) in [6, 6.07) is -0.373. The molecule has 0 radical (unpaired) electrons. The average molecular weight is 336 g/mol. The van der Waals surface area contributed by atoms with Gasteiger partial charge in [-0.25, -0.2) is 0 Å². The zero-order valence-electron chi connectivity index (χ0n) is 13.0. The van der Waals surface area contributed by atoms with E-state index in [0.717, 1.165) is 6.42 Å². The molecule has 8 heterocycles. The zero-order chi connectivity index (χ0) is 15.6. The maximum Gasteiger partial charge on any atom is 0.324 e. The lowest BCUT2D eigenvalue weighted by Crippen LogP contribution is -2.77. The van der Waals surface area contributed by atoms with Gasteiger partial charge >= 0.3 is 13.6 Å². The Morgan fingerprint density at radius 3 is 2.92 bits per heavy atom. The number of ether oxygens (including phenoxy) is 6. The largest absolute Gasteiger partial charge is 0.452 e. The first-order chi connectivity index (χ1) is 11.7. The molecule has 8 saturated heterocycles. The standard InChI is InChI=1S/C14H18B2O8/c17-15(11-6-1-5-2-20-14(6,23-11)4-19-5)16-12-8-9(24-16)7-3-18-13(21-7)10(8)22-12/h5-13,17H,1-4H2/t5-,6+,7-,8-,9+,10+,11?,12?,13+,14?/m0/s1. The lowest BCUT2D eigenvalue weighted by molar-refractivity contribution is -0.440. The maximum absolute atomic E-state index is 10.9. The van der Waals surface area contributed by atoms with E-state index in [1.807, 2.05) is 0 Å². The van der Waals surface area contributed by atoms with Crippen molar-refractivity contribution in [3.8, 4) is 0 Å². The minimum atomic E-state index is -0.723. The van der Waals surface area contributed by atoms with Crippen LogP contribution < -0.4 is 0 Å². The van der Waals surface area contributed by atoms with E-state index in [1.165, 1.54) is 0 Å². The Labute approximate surface area is 139 Å². The predicted molar refractivity (Wildman–Crippen MR) is 76.8 cm³/mol. The van der Waals surface area contributed by atoms with Gasteiger partial charge in [0.15, 0.2) is 12.1 Å². The van der Waals surface area contributed by atoms with Crippen LogP contribution in [0.25, 0.3) is 0 Å². The summed E-state index contributed by atoms with van der Waals surface area (Å²) in [4.78, 5) is 0. The van der Waals surface area contributed by atoms with Gasteiger partial charge in [-0.2, -0.15) is 0 Å². The second-order valence-corrected chi connectivity index (χ2v) is 8.06. The summed E-state index contributed by atoms with van der Waals surface area (Å²) in [6.07, 6.45) is 0.562. The molecule has 0 aromatic carbocycles. The molecular formula is C14H18B2O8. The molecule has 8 fully saturated rings. The van der Waals surface area contributed by atoms with Crippen molar-refractivity contribution < 1.29 is 38.1 Å². The highest BCUT2D eigenvalue weighted by Crippen LogP contribution is 2.54. The molecule has 1 spiro atoms. The van der Waals surface area contributed by atoms with Crippen LogP contribution in [0.5, 0.6) is 0 Å². The molecule has 8 aliphatic heterocycles. The lowest BCUT2D eigenvalue weighted by Gasteiger charge is -2.62. The third kappa shape index (κ3) is 1.48. The van der Waals surface area contributed by atoms with Gasteiger partial charge in [-0.3, -0.25) is 0 Å². The first kappa shape index (κ1) is 13.9. The summed E-state index contributed by atoms with van der Waals surface area (Å²) in [5.74, 6) is -0.226. The van der Waals surface area contributed by atoms with Gasteiger partial charge in [-0.15, -0.1) is 0 Å². The van der Waals surface area contributed by atoms with E-state index in [4.69, 9.17) is 33.1 Å². The topological polar surface area (TPSA) is 84.8 Å². The van der Waals surface area contributed by atoms with Crippen molar-refractivity contribution in [2.75, 3.05) is 19.8 Å². The predicted octanol–water partition coefficient (Wildman–Crippen LogP) is -1.81. The van der Waals surface area contributed by atoms with E-state index in [1.54, 1.807) is 0 Å². The SMILES string of the molecule is OB(B1O[C@H]2[C@@H]3C1O[C@H]3[C@@H]1OC[C@@H]2O1)C1OC23CO[C@H](CO2)C[C@H]13. The molecule has 0 amide bonds. The van der Waals surface area contributed by atoms with Gasteiger partial charge in [0.2, 0.25) is 0 Å². The summed E-state index contributed by atoms with van der Waals surface area (Å²) >= 11 is 0. The van der Waals surface area contributed by atoms with E-state index in [2.05, 4.69) is 0 Å². The fourth-order valence-electron chi connectivity index (χ4n) is 5.77. The Balaban J connectivity index is 1.13. The molecule has 1 N–H and O–H groups in total. The van der Waals surface area contributed by atoms with Crippen LogP contribution in [0, 0.1) is 11.8 Å².